The Morgan fingerprint density at radius 1 is 0.911 bits per heavy atom. The Bertz CT molecular complexity index is 1720. The Morgan fingerprint density at radius 3 is 2.24 bits per heavy atom. The zero-order valence-electron chi connectivity index (χ0n) is 24.7. The minimum atomic E-state index is -1.22. The van der Waals surface area contributed by atoms with E-state index in [4.69, 9.17) is 25.8 Å². The van der Waals surface area contributed by atoms with Gasteiger partial charge in [0.1, 0.15) is 22.7 Å². The molecule has 228 valence electrons. The van der Waals surface area contributed by atoms with E-state index in [-0.39, 0.29) is 41.0 Å². The number of hydrogen-bond acceptors (Lipinski definition) is 8. The summed E-state index contributed by atoms with van der Waals surface area (Å²) in [5.74, 6) is -0.791. The van der Waals surface area contributed by atoms with E-state index < -0.39 is 29.0 Å². The first-order chi connectivity index (χ1) is 21.2. The first kappa shape index (κ1) is 34.0. The summed E-state index contributed by atoms with van der Waals surface area (Å²) in [6.45, 7) is 0.296. The predicted molar refractivity (Wildman–Crippen MR) is 160 cm³/mol. The van der Waals surface area contributed by atoms with E-state index in [1.807, 2.05) is 0 Å². The maximum absolute atomic E-state index is 13.2. The van der Waals surface area contributed by atoms with Crippen molar-refractivity contribution >= 4 is 51.7 Å². The molecule has 0 spiro atoms. The molecular formula is C32H28ClFN3NaO7. The number of fused-ring (bicyclic) bond motifs is 1. The fraction of sp³-hybridized carbons (Fsp3) is 0.250. The number of aromatic nitrogens is 1. The molecule has 0 aliphatic heterocycles. The number of rotatable bonds is 13. The number of benzene rings is 3. The van der Waals surface area contributed by atoms with Crippen LogP contribution < -0.4 is 59.5 Å². The number of anilines is 2. The van der Waals surface area contributed by atoms with Gasteiger partial charge >= 0.3 is 29.6 Å². The van der Waals surface area contributed by atoms with Crippen LogP contribution in [0.25, 0.3) is 10.9 Å². The zero-order chi connectivity index (χ0) is 31.3. The summed E-state index contributed by atoms with van der Waals surface area (Å²) in [6, 6.07) is 15.2. The van der Waals surface area contributed by atoms with Gasteiger partial charge in [-0.25, -0.2) is 4.39 Å². The minimum Gasteiger partial charge on any atom is -0.550 e. The van der Waals surface area contributed by atoms with Gasteiger partial charge in [0.05, 0.1) is 24.3 Å². The van der Waals surface area contributed by atoms with Crippen LogP contribution in [0.4, 0.5) is 15.8 Å². The van der Waals surface area contributed by atoms with Gasteiger partial charge < -0.3 is 34.7 Å². The number of ether oxygens (including phenoxy) is 3. The summed E-state index contributed by atoms with van der Waals surface area (Å²) >= 11 is 6.53. The number of unbranched alkanes of at least 4 members (excludes halogenated alkanes) is 1. The number of pyridine rings is 1. The third kappa shape index (κ3) is 8.23. The maximum atomic E-state index is 13.2. The van der Waals surface area contributed by atoms with E-state index in [9.17, 15) is 23.9 Å². The number of carbonyl (C=O) groups is 3. The van der Waals surface area contributed by atoms with Crippen LogP contribution in [0.5, 0.6) is 23.0 Å². The summed E-state index contributed by atoms with van der Waals surface area (Å²) in [7, 11) is 1.50. The molecule has 2 amide bonds. The summed E-state index contributed by atoms with van der Waals surface area (Å²) in [6.07, 6.45) is 3.27. The van der Waals surface area contributed by atoms with Crippen LogP contribution in [0, 0.1) is 11.2 Å². The largest absolute Gasteiger partial charge is 1.00 e. The van der Waals surface area contributed by atoms with Crippen molar-refractivity contribution in [3.63, 3.8) is 0 Å². The standard InChI is InChI=1S/C32H29ClFN3O7.Na/c1-42-27-17-22-24(18-28(27)43-15-3-2-4-29(38)39)35-14-11-25(22)44-26-10-9-21(16-23(26)33)37-31(41)32(12-13-32)30(40)36-20-7-5-19(34)6-8-20;/h5-11,14,16-18H,2-4,12-13,15H2,1H3,(H,36,40)(H,37,41)(H,38,39);/q;+1/p-1. The quantitative estimate of drug-likeness (QED) is 0.129. The Balaban J connectivity index is 0.00000461. The maximum Gasteiger partial charge on any atom is 1.00 e. The van der Waals surface area contributed by atoms with E-state index in [2.05, 4.69) is 15.6 Å². The predicted octanol–water partition coefficient (Wildman–Crippen LogP) is 2.49. The molecule has 1 saturated carbocycles. The van der Waals surface area contributed by atoms with Crippen LogP contribution in [0.3, 0.4) is 0 Å². The van der Waals surface area contributed by atoms with Crippen LogP contribution >= 0.6 is 11.6 Å². The van der Waals surface area contributed by atoms with Gasteiger partial charge in [-0.2, -0.15) is 0 Å². The molecule has 45 heavy (non-hydrogen) atoms. The third-order valence-corrected chi connectivity index (χ3v) is 7.45. The molecule has 0 saturated heterocycles. The second-order valence-electron chi connectivity index (χ2n) is 10.3. The van der Waals surface area contributed by atoms with Crippen molar-refractivity contribution in [2.24, 2.45) is 5.41 Å². The molecule has 0 radical (unpaired) electrons. The molecule has 1 aliphatic rings. The van der Waals surface area contributed by atoms with Crippen molar-refractivity contribution in [1.82, 2.24) is 4.98 Å². The topological polar surface area (TPSA) is 139 Å². The van der Waals surface area contributed by atoms with E-state index in [0.717, 1.165) is 0 Å². The average molecular weight is 644 g/mol. The van der Waals surface area contributed by atoms with Gasteiger partial charge in [-0.05, 0) is 86.7 Å². The van der Waals surface area contributed by atoms with Crippen LogP contribution in [-0.4, -0.2) is 36.5 Å². The summed E-state index contributed by atoms with van der Waals surface area (Å²) in [5, 5.41) is 16.9. The van der Waals surface area contributed by atoms with Crippen LogP contribution in [0.15, 0.2) is 66.9 Å². The van der Waals surface area contributed by atoms with E-state index in [0.29, 0.717) is 77.6 Å². The van der Waals surface area contributed by atoms with Gasteiger partial charge in [-0.1, -0.05) is 11.6 Å². The normalized spacial score (nSPS) is 12.9. The van der Waals surface area contributed by atoms with E-state index in [1.165, 1.54) is 37.4 Å². The van der Waals surface area contributed by atoms with Gasteiger partial charge in [-0.3, -0.25) is 14.6 Å². The van der Waals surface area contributed by atoms with Crippen LogP contribution in [-0.2, 0) is 14.4 Å². The van der Waals surface area contributed by atoms with Crippen molar-refractivity contribution < 1.29 is 67.6 Å². The Morgan fingerprint density at radius 2 is 1.60 bits per heavy atom. The molecule has 0 atom stereocenters. The smallest absolute Gasteiger partial charge is 0.550 e. The summed E-state index contributed by atoms with van der Waals surface area (Å²) < 4.78 is 30.6. The van der Waals surface area contributed by atoms with Crippen LogP contribution in [0.1, 0.15) is 32.1 Å². The number of hydrogen-bond donors (Lipinski definition) is 2. The number of nitrogens with one attached hydrogen (secondary N) is 2. The molecule has 1 fully saturated rings. The molecule has 4 aromatic rings. The van der Waals surface area contributed by atoms with Gasteiger partial charge in [0, 0.05) is 35.0 Å². The molecule has 13 heteroatoms. The third-order valence-electron chi connectivity index (χ3n) is 7.15. The molecule has 3 aromatic carbocycles. The van der Waals surface area contributed by atoms with Gasteiger partial charge in [-0.15, -0.1) is 0 Å². The molecule has 1 heterocycles. The zero-order valence-corrected chi connectivity index (χ0v) is 27.4. The SMILES string of the molecule is COc1cc2c(Oc3ccc(NC(=O)C4(C(=O)Nc5ccc(F)cc5)CC4)cc3Cl)ccnc2cc1OCCCCC(=O)[O-].[Na+]. The van der Waals surface area contributed by atoms with E-state index in [1.54, 1.807) is 36.5 Å². The number of aliphatic carboxylic acids is 1. The molecule has 5 rings (SSSR count). The van der Waals surface area contributed by atoms with Gasteiger partial charge in [0.15, 0.2) is 11.5 Å². The number of methoxy groups -OCH3 is 1. The average Bonchev–Trinajstić information content (AvgIpc) is 3.82. The molecule has 0 bridgehead atoms. The molecular weight excluding hydrogens is 616 g/mol. The number of carboxylic acid groups (broad SMARTS) is 1. The van der Waals surface area contributed by atoms with E-state index >= 15 is 0 Å². The minimum absolute atomic E-state index is 0. The number of nitrogens with zero attached hydrogens (tertiary/aromatic N) is 1. The molecule has 1 aliphatic carbocycles. The summed E-state index contributed by atoms with van der Waals surface area (Å²) in [5.41, 5.74) is 0.136. The van der Waals surface area contributed by atoms with Crippen molar-refractivity contribution in [2.75, 3.05) is 24.4 Å². The van der Waals surface area contributed by atoms with Crippen molar-refractivity contribution in [3.05, 3.63) is 77.7 Å². The van der Waals surface area contributed by atoms with Crippen molar-refractivity contribution in [3.8, 4) is 23.0 Å². The van der Waals surface area contributed by atoms with Crippen molar-refractivity contribution in [1.29, 1.82) is 0 Å². The first-order valence-electron chi connectivity index (χ1n) is 13.8. The van der Waals surface area contributed by atoms with Crippen molar-refractivity contribution in [2.45, 2.75) is 32.1 Å². The number of halogens is 2. The van der Waals surface area contributed by atoms with Crippen LogP contribution in [0.2, 0.25) is 5.02 Å². The Labute approximate surface area is 285 Å². The molecule has 10 nitrogen and oxygen atoms in total. The monoisotopic (exact) mass is 643 g/mol. The molecule has 1 aromatic heterocycles. The number of carboxylic acids is 1. The number of carbonyl (C=O) groups excluding carboxylic acids is 3. The fourth-order valence-electron chi connectivity index (χ4n) is 4.54. The molecule has 0 unspecified atom stereocenters. The number of amides is 2. The second-order valence-corrected chi connectivity index (χ2v) is 10.7. The van der Waals surface area contributed by atoms with Gasteiger partial charge in [0.2, 0.25) is 11.8 Å². The Hall–Kier alpha value is -3.90. The second kappa shape index (κ2) is 14.9. The molecule has 2 N–H and O–H groups in total. The fourth-order valence-corrected chi connectivity index (χ4v) is 4.76. The first-order valence-corrected chi connectivity index (χ1v) is 14.2. The van der Waals surface area contributed by atoms with Gasteiger partial charge in [0.25, 0.3) is 0 Å². The Kier molecular flexibility index (Phi) is 11.3. The summed E-state index contributed by atoms with van der Waals surface area (Å²) in [4.78, 5) is 40.9.